The van der Waals surface area contributed by atoms with E-state index in [9.17, 15) is 4.79 Å². The van der Waals surface area contributed by atoms with Crippen LogP contribution in [0.3, 0.4) is 0 Å². The molecule has 0 bridgehead atoms. The average Bonchev–Trinajstić information content (AvgIpc) is 3.31. The Morgan fingerprint density at radius 1 is 1.04 bits per heavy atom. The molecule has 5 rings (SSSR count). The van der Waals surface area contributed by atoms with Crippen molar-refractivity contribution in [3.05, 3.63) is 83.3 Å². The molecule has 0 atom stereocenters. The molecule has 0 radical (unpaired) electrons. The highest BCUT2D eigenvalue weighted by Crippen LogP contribution is 2.25. The number of aromatic nitrogens is 5. The lowest BCUT2D eigenvalue weighted by Crippen LogP contribution is -2.25. The lowest BCUT2D eigenvalue weighted by atomic mass is 10.2. The van der Waals surface area contributed by atoms with Crippen LogP contribution in [0.4, 0.5) is 0 Å². The van der Waals surface area contributed by atoms with Gasteiger partial charge in [0.25, 0.3) is 5.91 Å². The summed E-state index contributed by atoms with van der Waals surface area (Å²) in [5.74, 6) is -0.0393. The largest absolute Gasteiger partial charge is 0.330 e. The van der Waals surface area contributed by atoms with Gasteiger partial charge in [0.2, 0.25) is 0 Å². The fraction of sp³-hybridized carbons (Fsp3) is 0.190. The van der Waals surface area contributed by atoms with Crippen LogP contribution in [0.5, 0.6) is 0 Å². The lowest BCUT2D eigenvalue weighted by Gasteiger charge is -2.15. The smallest absolute Gasteiger partial charge is 0.256 e. The van der Waals surface area contributed by atoms with Crippen molar-refractivity contribution >= 4 is 17.1 Å². The van der Waals surface area contributed by atoms with Gasteiger partial charge in [0.15, 0.2) is 5.65 Å². The van der Waals surface area contributed by atoms with Crippen LogP contribution in [0, 0.1) is 6.92 Å². The van der Waals surface area contributed by atoms with E-state index >= 15 is 0 Å². The minimum absolute atomic E-state index is 0.0393. The van der Waals surface area contributed by atoms with Crippen LogP contribution < -0.4 is 0 Å². The van der Waals surface area contributed by atoms with Gasteiger partial charge in [-0.1, -0.05) is 6.07 Å². The van der Waals surface area contributed by atoms with Crippen molar-refractivity contribution in [2.75, 3.05) is 0 Å². The first-order valence-corrected chi connectivity index (χ1v) is 9.12. The molecule has 7 heteroatoms. The molecule has 0 aliphatic carbocycles. The van der Waals surface area contributed by atoms with E-state index in [0.29, 0.717) is 30.7 Å². The number of hydrogen-bond acceptors (Lipinski definition) is 5. The van der Waals surface area contributed by atoms with E-state index in [1.807, 2.05) is 52.9 Å². The number of pyridine rings is 3. The molecule has 0 unspecified atom stereocenters. The van der Waals surface area contributed by atoms with Crippen molar-refractivity contribution in [3.8, 4) is 0 Å². The summed E-state index contributed by atoms with van der Waals surface area (Å²) in [6, 6.07) is 9.66. The summed E-state index contributed by atoms with van der Waals surface area (Å²) in [6.45, 7) is 3.73. The summed E-state index contributed by atoms with van der Waals surface area (Å²) >= 11 is 0. The molecular weight excluding hydrogens is 352 g/mol. The number of aryl methyl sites for hydroxylation is 1. The van der Waals surface area contributed by atoms with Crippen molar-refractivity contribution in [1.29, 1.82) is 0 Å². The molecule has 4 aromatic rings. The molecule has 0 saturated carbocycles. The van der Waals surface area contributed by atoms with E-state index in [0.717, 1.165) is 28.2 Å². The van der Waals surface area contributed by atoms with Crippen molar-refractivity contribution in [2.45, 2.75) is 26.6 Å². The van der Waals surface area contributed by atoms with E-state index in [1.54, 1.807) is 18.7 Å². The first-order chi connectivity index (χ1) is 13.7. The van der Waals surface area contributed by atoms with Crippen LogP contribution in [0.1, 0.15) is 32.9 Å². The van der Waals surface area contributed by atoms with Crippen molar-refractivity contribution in [3.63, 3.8) is 0 Å². The molecule has 1 amide bonds. The first kappa shape index (κ1) is 16.6. The van der Waals surface area contributed by atoms with Crippen LogP contribution in [-0.4, -0.2) is 35.3 Å². The van der Waals surface area contributed by atoms with Gasteiger partial charge in [-0.2, -0.15) is 0 Å². The van der Waals surface area contributed by atoms with Gasteiger partial charge in [0, 0.05) is 37.4 Å². The van der Waals surface area contributed by atoms with Gasteiger partial charge in [0.1, 0.15) is 5.52 Å². The van der Waals surface area contributed by atoms with Crippen molar-refractivity contribution < 1.29 is 4.79 Å². The number of rotatable bonds is 3. The van der Waals surface area contributed by atoms with Gasteiger partial charge in [-0.15, -0.1) is 0 Å². The quantitative estimate of drug-likeness (QED) is 0.554. The molecule has 28 heavy (non-hydrogen) atoms. The Labute approximate surface area is 161 Å². The number of imidazole rings is 1. The Hall–Kier alpha value is -3.61. The predicted octanol–water partition coefficient (Wildman–Crippen LogP) is 2.73. The third-order valence-corrected chi connectivity index (χ3v) is 4.99. The van der Waals surface area contributed by atoms with Crippen LogP contribution in [0.15, 0.2) is 55.2 Å². The topological polar surface area (TPSA) is 76.8 Å². The van der Waals surface area contributed by atoms with E-state index in [1.165, 1.54) is 0 Å². The van der Waals surface area contributed by atoms with E-state index in [2.05, 4.69) is 19.9 Å². The summed E-state index contributed by atoms with van der Waals surface area (Å²) < 4.78 is 1.94. The van der Waals surface area contributed by atoms with Crippen LogP contribution in [0.2, 0.25) is 0 Å². The summed E-state index contributed by atoms with van der Waals surface area (Å²) in [5, 5.41) is 0. The molecule has 1 aliphatic heterocycles. The maximum atomic E-state index is 13.0. The van der Waals surface area contributed by atoms with Gasteiger partial charge in [-0.05, 0) is 42.3 Å². The first-order valence-electron chi connectivity index (χ1n) is 9.12. The molecule has 0 fully saturated rings. The number of nitrogens with zero attached hydrogens (tertiary/aromatic N) is 6. The number of hydrogen-bond donors (Lipinski definition) is 0. The molecule has 0 saturated heterocycles. The Kier molecular flexibility index (Phi) is 3.86. The molecule has 0 N–H and O–H groups in total. The van der Waals surface area contributed by atoms with Crippen LogP contribution in [0.25, 0.3) is 11.2 Å². The van der Waals surface area contributed by atoms with Crippen LogP contribution >= 0.6 is 0 Å². The minimum atomic E-state index is -0.0393. The third-order valence-electron chi connectivity index (χ3n) is 4.99. The Morgan fingerprint density at radius 3 is 2.79 bits per heavy atom. The zero-order valence-electron chi connectivity index (χ0n) is 15.4. The van der Waals surface area contributed by atoms with Gasteiger partial charge >= 0.3 is 0 Å². The Morgan fingerprint density at radius 2 is 1.93 bits per heavy atom. The fourth-order valence-corrected chi connectivity index (χ4v) is 3.58. The van der Waals surface area contributed by atoms with Crippen LogP contribution in [-0.2, 0) is 19.6 Å². The van der Waals surface area contributed by atoms with Gasteiger partial charge in [-0.3, -0.25) is 14.8 Å². The number of amides is 1. The summed E-state index contributed by atoms with van der Waals surface area (Å²) in [6.07, 6.45) is 7.00. The maximum Gasteiger partial charge on any atom is 0.256 e. The monoisotopic (exact) mass is 370 g/mol. The zero-order chi connectivity index (χ0) is 19.1. The predicted molar refractivity (Wildman–Crippen MR) is 103 cm³/mol. The van der Waals surface area contributed by atoms with Gasteiger partial charge in [-0.25, -0.2) is 9.97 Å². The zero-order valence-corrected chi connectivity index (χ0v) is 15.4. The second-order valence-electron chi connectivity index (χ2n) is 7.02. The van der Waals surface area contributed by atoms with E-state index in [-0.39, 0.29) is 5.91 Å². The molecule has 4 aromatic heterocycles. The Balaban J connectivity index is 1.39. The lowest BCUT2D eigenvalue weighted by molar-refractivity contribution is 0.0751. The van der Waals surface area contributed by atoms with Crippen molar-refractivity contribution in [2.24, 2.45) is 0 Å². The molecule has 138 valence electrons. The summed E-state index contributed by atoms with van der Waals surface area (Å²) in [5.41, 5.74) is 6.16. The average molecular weight is 370 g/mol. The SMILES string of the molecule is Cc1cc2c(cn1)CN(C(=O)c1cnc3c(c1)ncn3Cc1ccccn1)C2. The molecule has 0 spiro atoms. The van der Waals surface area contributed by atoms with E-state index in [4.69, 9.17) is 0 Å². The number of carbonyl (C=O) groups is 1. The Bertz CT molecular complexity index is 1180. The highest BCUT2D eigenvalue weighted by atomic mass is 16.2. The number of fused-ring (bicyclic) bond motifs is 2. The van der Waals surface area contributed by atoms with Gasteiger partial charge in [0.05, 0.1) is 24.1 Å². The summed E-state index contributed by atoms with van der Waals surface area (Å²) in [4.78, 5) is 32.4. The molecular formula is C21H18N6O. The molecule has 5 heterocycles. The fourth-order valence-electron chi connectivity index (χ4n) is 3.58. The highest BCUT2D eigenvalue weighted by molar-refractivity contribution is 5.96. The third kappa shape index (κ3) is 2.90. The maximum absolute atomic E-state index is 13.0. The number of carbonyl (C=O) groups excluding carboxylic acids is 1. The standard InChI is InChI=1S/C21H18N6O/c1-14-6-16-10-26(11-17(16)9-23-14)21(28)15-7-19-20(24-8-15)27(13-25-19)12-18-4-2-3-5-22-18/h2-9,13H,10-12H2,1H3. The normalized spacial score (nSPS) is 13.1. The second kappa shape index (κ2) is 6.53. The highest BCUT2D eigenvalue weighted by Gasteiger charge is 2.25. The second-order valence-corrected chi connectivity index (χ2v) is 7.02. The molecule has 1 aliphatic rings. The summed E-state index contributed by atoms with van der Waals surface area (Å²) in [7, 11) is 0. The van der Waals surface area contributed by atoms with Crippen molar-refractivity contribution in [1.82, 2.24) is 29.4 Å². The molecule has 0 aromatic carbocycles. The molecule has 7 nitrogen and oxygen atoms in total. The minimum Gasteiger partial charge on any atom is -0.330 e. The van der Waals surface area contributed by atoms with E-state index < -0.39 is 0 Å². The van der Waals surface area contributed by atoms with Gasteiger partial charge < -0.3 is 9.47 Å².